The van der Waals surface area contributed by atoms with Crippen LogP contribution in [0.1, 0.15) is 37.7 Å². The van der Waals surface area contributed by atoms with E-state index >= 15 is 0 Å². The summed E-state index contributed by atoms with van der Waals surface area (Å²) in [5.41, 5.74) is 7.63. The molecule has 0 aliphatic heterocycles. The predicted molar refractivity (Wildman–Crippen MR) is 94.3 cm³/mol. The van der Waals surface area contributed by atoms with Crippen molar-refractivity contribution in [3.63, 3.8) is 0 Å². The van der Waals surface area contributed by atoms with Gasteiger partial charge in [0.25, 0.3) is 0 Å². The summed E-state index contributed by atoms with van der Waals surface area (Å²) in [6.07, 6.45) is 4.82. The van der Waals surface area contributed by atoms with Crippen LogP contribution in [0, 0.1) is 17.8 Å². The van der Waals surface area contributed by atoms with Crippen molar-refractivity contribution in [1.29, 1.82) is 0 Å². The van der Waals surface area contributed by atoms with Crippen molar-refractivity contribution in [2.45, 2.75) is 50.4 Å². The molecule has 0 radical (unpaired) electrons. The summed E-state index contributed by atoms with van der Waals surface area (Å²) in [6.45, 7) is 0.635. The van der Waals surface area contributed by atoms with Crippen molar-refractivity contribution >= 4 is 37.5 Å². The second-order valence-corrected chi connectivity index (χ2v) is 9.25. The van der Waals surface area contributed by atoms with E-state index in [-0.39, 0.29) is 11.5 Å². The highest BCUT2D eigenvalue weighted by molar-refractivity contribution is 9.11. The molecule has 4 aliphatic rings. The summed E-state index contributed by atoms with van der Waals surface area (Å²) in [5.74, 6) is 1.73. The highest BCUT2D eigenvalue weighted by Gasteiger charge is 2.57. The first kappa shape index (κ1) is 15.4. The molecule has 3 atom stereocenters. The number of anilines is 1. The average molecular weight is 432 g/mol. The lowest BCUT2D eigenvalue weighted by Gasteiger charge is -2.58. The number of alkyl halides is 1. The summed E-state index contributed by atoms with van der Waals surface area (Å²) in [6, 6.07) is 3.97. The zero-order valence-corrected chi connectivity index (χ0v) is 15.6. The molecule has 5 heteroatoms. The maximum atomic E-state index is 15.0. The van der Waals surface area contributed by atoms with Gasteiger partial charge in [0.2, 0.25) is 0 Å². The summed E-state index contributed by atoms with van der Waals surface area (Å²) in [4.78, 5) is 0. The van der Waals surface area contributed by atoms with E-state index in [2.05, 4.69) is 37.2 Å². The van der Waals surface area contributed by atoms with Gasteiger partial charge in [-0.05, 0) is 83.5 Å². The van der Waals surface area contributed by atoms with Crippen LogP contribution >= 0.6 is 31.9 Å². The molecule has 4 saturated carbocycles. The van der Waals surface area contributed by atoms with Crippen LogP contribution in [-0.4, -0.2) is 11.7 Å². The van der Waals surface area contributed by atoms with Gasteiger partial charge in [0.15, 0.2) is 0 Å². The van der Waals surface area contributed by atoms with Gasteiger partial charge in [-0.2, -0.15) is 0 Å². The van der Waals surface area contributed by atoms with E-state index in [0.29, 0.717) is 6.54 Å². The Hall–Kier alpha value is -0.130. The van der Waals surface area contributed by atoms with Crippen LogP contribution in [0.15, 0.2) is 21.1 Å². The van der Waals surface area contributed by atoms with E-state index < -0.39 is 6.17 Å². The number of benzene rings is 1. The second kappa shape index (κ2) is 5.45. The standard InChI is InChI=1S/C17H21Br2FN2/c18-13-4-12(15(21)14(19)5-13)8-22-17-6-9-1-10(7-17)3-11(2-9)16(17)20/h4-5,9-11,16,22H,1-3,6-8,21H2. The van der Waals surface area contributed by atoms with Crippen molar-refractivity contribution in [3.8, 4) is 0 Å². The molecule has 1 aromatic rings. The Bertz CT molecular complexity index is 593. The molecule has 0 saturated heterocycles. The molecule has 4 bridgehead atoms. The molecule has 120 valence electrons. The highest BCUT2D eigenvalue weighted by Crippen LogP contribution is 2.56. The van der Waals surface area contributed by atoms with E-state index in [1.54, 1.807) is 0 Å². The third kappa shape index (κ3) is 2.44. The Balaban J connectivity index is 1.56. The van der Waals surface area contributed by atoms with Gasteiger partial charge in [-0.3, -0.25) is 0 Å². The van der Waals surface area contributed by atoms with E-state index in [1.165, 1.54) is 6.42 Å². The average Bonchev–Trinajstić information content (AvgIpc) is 2.46. The molecule has 5 rings (SSSR count). The predicted octanol–water partition coefficient (Wildman–Crippen LogP) is 4.80. The highest BCUT2D eigenvalue weighted by atomic mass is 79.9. The van der Waals surface area contributed by atoms with Gasteiger partial charge in [-0.15, -0.1) is 0 Å². The normalized spacial score (nSPS) is 39.4. The van der Waals surface area contributed by atoms with Gasteiger partial charge >= 0.3 is 0 Å². The Labute approximate surface area is 147 Å². The van der Waals surface area contributed by atoms with Crippen molar-refractivity contribution in [2.75, 3.05) is 5.73 Å². The van der Waals surface area contributed by atoms with Crippen molar-refractivity contribution in [1.82, 2.24) is 5.32 Å². The molecule has 1 aromatic carbocycles. The monoisotopic (exact) mass is 430 g/mol. The SMILES string of the molecule is Nc1c(Br)cc(Br)cc1CNC12CC3CC(CC(C3)C1F)C2. The van der Waals surface area contributed by atoms with Crippen LogP contribution in [0.4, 0.5) is 10.1 Å². The van der Waals surface area contributed by atoms with Crippen LogP contribution in [0.5, 0.6) is 0 Å². The molecule has 0 aromatic heterocycles. The Morgan fingerprint density at radius 1 is 1.18 bits per heavy atom. The third-order valence-corrected chi connectivity index (χ3v) is 7.11. The quantitative estimate of drug-likeness (QED) is 0.674. The van der Waals surface area contributed by atoms with Gasteiger partial charge in [0.1, 0.15) is 6.17 Å². The third-order valence-electron chi connectivity index (χ3n) is 6.00. The summed E-state index contributed by atoms with van der Waals surface area (Å²) < 4.78 is 16.9. The van der Waals surface area contributed by atoms with Crippen LogP contribution < -0.4 is 11.1 Å². The molecule has 4 fully saturated rings. The summed E-state index contributed by atoms with van der Waals surface area (Å²) in [7, 11) is 0. The van der Waals surface area contributed by atoms with Crippen LogP contribution in [0.25, 0.3) is 0 Å². The summed E-state index contributed by atoms with van der Waals surface area (Å²) in [5, 5.41) is 3.59. The van der Waals surface area contributed by atoms with E-state index in [4.69, 9.17) is 5.73 Å². The number of nitrogens with two attached hydrogens (primary N) is 1. The fourth-order valence-electron chi connectivity index (χ4n) is 5.28. The van der Waals surface area contributed by atoms with Crippen LogP contribution in [0.3, 0.4) is 0 Å². The number of nitrogens with one attached hydrogen (secondary N) is 1. The minimum absolute atomic E-state index is 0.283. The Kier molecular flexibility index (Phi) is 3.82. The van der Waals surface area contributed by atoms with E-state index in [9.17, 15) is 4.39 Å². The maximum Gasteiger partial charge on any atom is 0.121 e. The van der Waals surface area contributed by atoms with Crippen molar-refractivity contribution < 1.29 is 4.39 Å². The van der Waals surface area contributed by atoms with Gasteiger partial charge in [-0.1, -0.05) is 15.9 Å². The number of halogens is 3. The number of nitrogen functional groups attached to an aromatic ring is 1. The molecule has 0 heterocycles. The van der Waals surface area contributed by atoms with Crippen molar-refractivity contribution in [2.24, 2.45) is 17.8 Å². The first-order chi connectivity index (χ1) is 10.5. The molecular formula is C17H21Br2FN2. The molecule has 2 nitrogen and oxygen atoms in total. The largest absolute Gasteiger partial charge is 0.398 e. The van der Waals surface area contributed by atoms with Gasteiger partial charge in [0.05, 0.1) is 11.2 Å². The van der Waals surface area contributed by atoms with Crippen LogP contribution in [-0.2, 0) is 6.54 Å². The molecule has 3 unspecified atom stereocenters. The van der Waals surface area contributed by atoms with E-state index in [0.717, 1.165) is 57.7 Å². The Morgan fingerprint density at radius 2 is 1.86 bits per heavy atom. The lowest BCUT2D eigenvalue weighted by Crippen LogP contribution is -2.65. The second-order valence-electron chi connectivity index (χ2n) is 7.48. The lowest BCUT2D eigenvalue weighted by molar-refractivity contribution is -0.0878. The summed E-state index contributed by atoms with van der Waals surface area (Å²) >= 11 is 6.99. The molecule has 22 heavy (non-hydrogen) atoms. The first-order valence-electron chi connectivity index (χ1n) is 8.09. The minimum Gasteiger partial charge on any atom is -0.398 e. The first-order valence-corrected chi connectivity index (χ1v) is 9.68. The maximum absolute atomic E-state index is 15.0. The Morgan fingerprint density at radius 3 is 2.55 bits per heavy atom. The molecule has 0 amide bonds. The molecule has 4 aliphatic carbocycles. The van der Waals surface area contributed by atoms with Crippen LogP contribution in [0.2, 0.25) is 0 Å². The smallest absolute Gasteiger partial charge is 0.121 e. The van der Waals surface area contributed by atoms with Crippen molar-refractivity contribution in [3.05, 3.63) is 26.6 Å². The van der Waals surface area contributed by atoms with Gasteiger partial charge in [0, 0.05) is 15.5 Å². The molecular weight excluding hydrogens is 411 g/mol. The zero-order chi connectivity index (χ0) is 15.5. The minimum atomic E-state index is -0.697. The topological polar surface area (TPSA) is 38.0 Å². The molecule has 0 spiro atoms. The molecule has 3 N–H and O–H groups in total. The zero-order valence-electron chi connectivity index (χ0n) is 12.4. The van der Waals surface area contributed by atoms with Gasteiger partial charge in [-0.25, -0.2) is 4.39 Å². The van der Waals surface area contributed by atoms with Gasteiger partial charge < -0.3 is 11.1 Å². The number of rotatable bonds is 3. The fraction of sp³-hybridized carbons (Fsp3) is 0.647. The fourth-order valence-corrected chi connectivity index (χ4v) is 6.59. The lowest BCUT2D eigenvalue weighted by atomic mass is 9.52. The van der Waals surface area contributed by atoms with E-state index in [1.807, 2.05) is 12.1 Å². The number of hydrogen-bond acceptors (Lipinski definition) is 2. The number of hydrogen-bond donors (Lipinski definition) is 2.